The second-order valence-corrected chi connectivity index (χ2v) is 1.74. The van der Waals surface area contributed by atoms with Gasteiger partial charge in [0.1, 0.15) is 0 Å². The van der Waals surface area contributed by atoms with Gasteiger partial charge in [-0.05, 0) is 6.92 Å². The van der Waals surface area contributed by atoms with Crippen molar-refractivity contribution in [3.05, 3.63) is 0 Å². The molecule has 2 atom stereocenters. The molecular weight excluding hydrogens is 124 g/mol. The molecule has 0 unspecified atom stereocenters. The Morgan fingerprint density at radius 2 is 2.11 bits per heavy atom. The number of carboxylic acid groups (broad SMARTS) is 1. The lowest BCUT2D eigenvalue weighted by Gasteiger charge is -2.11. The van der Waals surface area contributed by atoms with E-state index in [9.17, 15) is 4.79 Å². The lowest BCUT2D eigenvalue weighted by molar-refractivity contribution is -0.154. The minimum Gasteiger partial charge on any atom is -0.479 e. The SMILES string of the molecule is CO[C@H](C(=O)O)[C@H](C)O. The van der Waals surface area contributed by atoms with E-state index in [1.54, 1.807) is 0 Å². The maximum atomic E-state index is 10.1. The van der Waals surface area contributed by atoms with Gasteiger partial charge < -0.3 is 14.9 Å². The summed E-state index contributed by atoms with van der Waals surface area (Å²) in [5.41, 5.74) is 0. The van der Waals surface area contributed by atoms with Crippen LogP contribution in [0.4, 0.5) is 0 Å². The largest absolute Gasteiger partial charge is 0.479 e. The molecule has 4 nitrogen and oxygen atoms in total. The summed E-state index contributed by atoms with van der Waals surface area (Å²) in [6.07, 6.45) is -2.07. The molecule has 0 aromatic rings. The fraction of sp³-hybridized carbons (Fsp3) is 0.800. The third kappa shape index (κ3) is 2.43. The van der Waals surface area contributed by atoms with Crippen LogP contribution >= 0.6 is 0 Å². The number of methoxy groups -OCH3 is 1. The van der Waals surface area contributed by atoms with Gasteiger partial charge in [0.25, 0.3) is 0 Å². The van der Waals surface area contributed by atoms with Crippen LogP contribution in [-0.2, 0) is 9.53 Å². The van der Waals surface area contributed by atoms with E-state index in [2.05, 4.69) is 4.74 Å². The molecule has 0 aromatic carbocycles. The van der Waals surface area contributed by atoms with E-state index in [4.69, 9.17) is 10.2 Å². The summed E-state index contributed by atoms with van der Waals surface area (Å²) in [6, 6.07) is 0. The second kappa shape index (κ2) is 3.42. The molecule has 0 bridgehead atoms. The molecule has 0 aliphatic heterocycles. The summed E-state index contributed by atoms with van der Waals surface area (Å²) in [5, 5.41) is 16.9. The molecule has 0 rings (SSSR count). The van der Waals surface area contributed by atoms with Crippen molar-refractivity contribution in [3.8, 4) is 0 Å². The Labute approximate surface area is 53.1 Å². The first kappa shape index (κ1) is 8.39. The van der Waals surface area contributed by atoms with E-state index < -0.39 is 18.2 Å². The number of hydrogen-bond acceptors (Lipinski definition) is 3. The predicted octanol–water partition coefficient (Wildman–Crippen LogP) is -0.533. The molecule has 0 saturated heterocycles. The van der Waals surface area contributed by atoms with E-state index in [1.165, 1.54) is 14.0 Å². The molecule has 0 aromatic heterocycles. The standard InChI is InChI=1S/C5H10O4/c1-3(6)4(9-2)5(7)8/h3-4,6H,1-2H3,(H,7,8)/t3-,4-/m0/s1. The normalized spacial score (nSPS) is 16.8. The molecule has 0 spiro atoms. The smallest absolute Gasteiger partial charge is 0.335 e. The van der Waals surface area contributed by atoms with Gasteiger partial charge in [-0.15, -0.1) is 0 Å². The van der Waals surface area contributed by atoms with Gasteiger partial charge in [0.15, 0.2) is 6.10 Å². The average molecular weight is 134 g/mol. The first-order chi connectivity index (χ1) is 4.09. The van der Waals surface area contributed by atoms with E-state index in [-0.39, 0.29) is 0 Å². The Balaban J connectivity index is 3.83. The van der Waals surface area contributed by atoms with Gasteiger partial charge >= 0.3 is 5.97 Å². The first-order valence-corrected chi connectivity index (χ1v) is 2.53. The van der Waals surface area contributed by atoms with Crippen LogP contribution in [0.25, 0.3) is 0 Å². The summed E-state index contributed by atoms with van der Waals surface area (Å²) >= 11 is 0. The number of carbonyl (C=O) groups is 1. The summed E-state index contributed by atoms with van der Waals surface area (Å²) in [7, 11) is 1.24. The van der Waals surface area contributed by atoms with Crippen LogP contribution in [-0.4, -0.2) is 35.5 Å². The number of ether oxygens (including phenoxy) is 1. The zero-order chi connectivity index (χ0) is 7.44. The van der Waals surface area contributed by atoms with Gasteiger partial charge in [-0.2, -0.15) is 0 Å². The number of aliphatic carboxylic acids is 1. The molecule has 2 N–H and O–H groups in total. The van der Waals surface area contributed by atoms with Crippen molar-refractivity contribution >= 4 is 5.97 Å². The van der Waals surface area contributed by atoms with Crippen molar-refractivity contribution in [1.82, 2.24) is 0 Å². The highest BCUT2D eigenvalue weighted by atomic mass is 16.5. The van der Waals surface area contributed by atoms with Crippen LogP contribution in [0.1, 0.15) is 6.92 Å². The highest BCUT2D eigenvalue weighted by molar-refractivity contribution is 5.72. The average Bonchev–Trinajstić information content (AvgIpc) is 1.64. The summed E-state index contributed by atoms with van der Waals surface area (Å²) < 4.78 is 4.42. The Bertz CT molecular complexity index is 99.1. The van der Waals surface area contributed by atoms with E-state index in [0.29, 0.717) is 0 Å². The molecular formula is C5H10O4. The molecule has 0 aliphatic carbocycles. The van der Waals surface area contributed by atoms with Crippen molar-refractivity contribution in [2.45, 2.75) is 19.1 Å². The Hall–Kier alpha value is -0.610. The van der Waals surface area contributed by atoms with Crippen molar-refractivity contribution in [2.75, 3.05) is 7.11 Å². The van der Waals surface area contributed by atoms with Crippen molar-refractivity contribution in [1.29, 1.82) is 0 Å². The number of hydrogen-bond donors (Lipinski definition) is 2. The Morgan fingerprint density at radius 3 is 2.11 bits per heavy atom. The van der Waals surface area contributed by atoms with Crippen LogP contribution in [0.5, 0.6) is 0 Å². The van der Waals surface area contributed by atoms with Crippen molar-refractivity contribution in [2.24, 2.45) is 0 Å². The number of rotatable bonds is 3. The van der Waals surface area contributed by atoms with Crippen LogP contribution in [0.2, 0.25) is 0 Å². The fourth-order valence-corrected chi connectivity index (χ4v) is 0.504. The first-order valence-electron chi connectivity index (χ1n) is 2.53. The highest BCUT2D eigenvalue weighted by Gasteiger charge is 2.21. The lowest BCUT2D eigenvalue weighted by Crippen LogP contribution is -2.33. The fourth-order valence-electron chi connectivity index (χ4n) is 0.504. The van der Waals surface area contributed by atoms with Gasteiger partial charge in [-0.1, -0.05) is 0 Å². The lowest BCUT2D eigenvalue weighted by atomic mass is 10.2. The van der Waals surface area contributed by atoms with E-state index in [1.807, 2.05) is 0 Å². The van der Waals surface area contributed by atoms with Crippen LogP contribution < -0.4 is 0 Å². The van der Waals surface area contributed by atoms with Gasteiger partial charge in [0.2, 0.25) is 0 Å². The van der Waals surface area contributed by atoms with Gasteiger partial charge in [0.05, 0.1) is 6.10 Å². The summed E-state index contributed by atoms with van der Waals surface area (Å²) in [6.45, 7) is 1.36. The molecule has 0 fully saturated rings. The van der Waals surface area contributed by atoms with Crippen molar-refractivity contribution < 1.29 is 19.7 Å². The number of aliphatic hydroxyl groups excluding tert-OH is 1. The summed E-state index contributed by atoms with van der Waals surface area (Å²) in [5.74, 6) is -1.15. The third-order valence-electron chi connectivity index (χ3n) is 0.935. The zero-order valence-corrected chi connectivity index (χ0v) is 5.37. The number of aliphatic hydroxyl groups is 1. The molecule has 0 radical (unpaired) electrons. The maximum absolute atomic E-state index is 10.1. The van der Waals surface area contributed by atoms with E-state index in [0.717, 1.165) is 0 Å². The van der Waals surface area contributed by atoms with Crippen LogP contribution in [0, 0.1) is 0 Å². The minimum atomic E-state index is -1.15. The third-order valence-corrected chi connectivity index (χ3v) is 0.935. The Morgan fingerprint density at radius 1 is 1.67 bits per heavy atom. The molecule has 0 aliphatic rings. The summed E-state index contributed by atoms with van der Waals surface area (Å²) in [4.78, 5) is 10.1. The molecule has 4 heteroatoms. The van der Waals surface area contributed by atoms with Crippen LogP contribution in [0.15, 0.2) is 0 Å². The maximum Gasteiger partial charge on any atom is 0.335 e. The Kier molecular flexibility index (Phi) is 3.19. The molecule has 0 heterocycles. The minimum absolute atomic E-state index is 0.965. The van der Waals surface area contributed by atoms with Crippen molar-refractivity contribution in [3.63, 3.8) is 0 Å². The van der Waals surface area contributed by atoms with Gasteiger partial charge in [0, 0.05) is 7.11 Å². The van der Waals surface area contributed by atoms with Crippen LogP contribution in [0.3, 0.4) is 0 Å². The molecule has 0 saturated carbocycles. The molecule has 54 valence electrons. The van der Waals surface area contributed by atoms with E-state index >= 15 is 0 Å². The molecule has 0 amide bonds. The van der Waals surface area contributed by atoms with Gasteiger partial charge in [-0.3, -0.25) is 0 Å². The predicted molar refractivity (Wildman–Crippen MR) is 30.1 cm³/mol. The second-order valence-electron chi connectivity index (χ2n) is 1.74. The zero-order valence-electron chi connectivity index (χ0n) is 5.37. The quantitative estimate of drug-likeness (QED) is 0.544. The molecule has 9 heavy (non-hydrogen) atoms. The topological polar surface area (TPSA) is 66.8 Å². The monoisotopic (exact) mass is 134 g/mol. The highest BCUT2D eigenvalue weighted by Crippen LogP contribution is 1.95. The van der Waals surface area contributed by atoms with Gasteiger partial charge in [-0.25, -0.2) is 4.79 Å². The number of carboxylic acids is 1.